The van der Waals surface area contributed by atoms with Crippen LogP contribution in [0.5, 0.6) is 0 Å². The third kappa shape index (κ3) is 9.42. The van der Waals surface area contributed by atoms with E-state index >= 15 is 0 Å². The minimum absolute atomic E-state index is 0.133. The third-order valence-electron chi connectivity index (χ3n) is 19.6. The average molecular weight is 1210 g/mol. The van der Waals surface area contributed by atoms with Gasteiger partial charge in [0.15, 0.2) is 11.6 Å². The quantitative estimate of drug-likeness (QED) is 0.137. The molecule has 0 radical (unpaired) electrons. The van der Waals surface area contributed by atoms with Crippen molar-refractivity contribution in [1.29, 1.82) is 0 Å². The Kier molecular flexibility index (Phi) is 13.2. The zero-order chi connectivity index (χ0) is 63.1. The second-order valence-corrected chi connectivity index (χ2v) is 25.5. The van der Waals surface area contributed by atoms with Crippen LogP contribution in [0.2, 0.25) is 0 Å². The summed E-state index contributed by atoms with van der Waals surface area (Å²) in [6.45, 7) is 4.70. The van der Waals surface area contributed by atoms with Crippen LogP contribution >= 0.6 is 0 Å². The number of aromatic nitrogens is 4. The molecule has 2 heterocycles. The fourth-order valence-corrected chi connectivity index (χ4v) is 15.0. The number of benzene rings is 14. The lowest BCUT2D eigenvalue weighted by atomic mass is 9.80. The van der Waals surface area contributed by atoms with Crippen LogP contribution in [-0.4, -0.2) is 19.5 Å². The van der Waals surface area contributed by atoms with Gasteiger partial charge >= 0.3 is 0 Å². The van der Waals surface area contributed by atoms with E-state index < -0.39 is 0 Å². The molecule has 16 aromatic rings. The number of fused-ring (bicyclic) bond motifs is 15. The topological polar surface area (TPSA) is 46.8 Å². The summed E-state index contributed by atoms with van der Waals surface area (Å²) in [7, 11) is 0. The zero-order valence-corrected chi connectivity index (χ0v) is 52.5. The summed E-state index contributed by atoms with van der Waals surface area (Å²) in [6.07, 6.45) is 0. The molecule has 0 fully saturated rings. The van der Waals surface area contributed by atoms with E-state index in [1.54, 1.807) is 0 Å². The first-order valence-corrected chi connectivity index (χ1v) is 32.6. The Balaban J connectivity index is 0.828. The van der Waals surface area contributed by atoms with Crippen molar-refractivity contribution in [3.8, 4) is 129 Å². The van der Waals surface area contributed by atoms with Gasteiger partial charge in [-0.3, -0.25) is 4.57 Å². The molecular formula is C90H61N5. The first-order chi connectivity index (χ1) is 46.9. The van der Waals surface area contributed by atoms with Crippen molar-refractivity contribution in [3.05, 3.63) is 345 Å². The van der Waals surface area contributed by atoms with Crippen molar-refractivity contribution >= 4 is 38.9 Å². The van der Waals surface area contributed by atoms with Crippen molar-refractivity contribution in [2.45, 2.75) is 19.3 Å². The van der Waals surface area contributed by atoms with E-state index in [9.17, 15) is 0 Å². The third-order valence-corrected chi connectivity index (χ3v) is 19.6. The van der Waals surface area contributed by atoms with E-state index in [0.29, 0.717) is 17.6 Å². The van der Waals surface area contributed by atoms with E-state index in [2.05, 4.69) is 321 Å². The van der Waals surface area contributed by atoms with Crippen LogP contribution < -0.4 is 4.90 Å². The highest BCUT2D eigenvalue weighted by atomic mass is 15.2. The predicted octanol–water partition coefficient (Wildman–Crippen LogP) is 23.7. The summed E-state index contributed by atoms with van der Waals surface area (Å²) in [6, 6.07) is 121. The van der Waals surface area contributed by atoms with Crippen LogP contribution in [0.3, 0.4) is 0 Å². The average Bonchev–Trinajstić information content (AvgIpc) is 1.63. The van der Waals surface area contributed by atoms with Gasteiger partial charge in [0.25, 0.3) is 0 Å². The molecule has 0 amide bonds. The molecule has 18 rings (SSSR count). The lowest BCUT2D eigenvalue weighted by Gasteiger charge is -2.28. The summed E-state index contributed by atoms with van der Waals surface area (Å²) in [5.41, 5.74) is 30.7. The van der Waals surface area contributed by atoms with Crippen molar-refractivity contribution < 1.29 is 0 Å². The van der Waals surface area contributed by atoms with Crippen LogP contribution in [0.25, 0.3) is 151 Å². The minimum atomic E-state index is -0.133. The number of anilines is 3. The summed E-state index contributed by atoms with van der Waals surface area (Å²) >= 11 is 0. The molecule has 446 valence electrons. The standard InChI is InChI=1S/C90H61N5/c1-90(2)82-41-22-21-39-76(82)80-57-70(47-50-83(80)90)94(69-33-23-32-63(55-69)67-53-65(58-24-7-3-8-25-58)52-66(54-67)59-26-9-4-10-27-59)68-45-42-60(43-46-68)64-44-51-84-81(56-64)79-49-48-78-75-38-18-17-36-73(75)71-34-15-16-35-72(71)74-37-19-20-40-77(74)85(78)86(79)95(84)89-92-87(61-28-11-5-12-29-61)91-88(93-89)62-30-13-6-14-31-62/h3-57H,1-2H3. The van der Waals surface area contributed by atoms with Crippen molar-refractivity contribution in [2.75, 3.05) is 4.90 Å². The molecule has 5 heteroatoms. The van der Waals surface area contributed by atoms with Crippen molar-refractivity contribution in [1.82, 2.24) is 19.5 Å². The van der Waals surface area contributed by atoms with Gasteiger partial charge in [0.1, 0.15) is 0 Å². The zero-order valence-electron chi connectivity index (χ0n) is 52.5. The Morgan fingerprint density at radius 1 is 0.263 bits per heavy atom. The van der Waals surface area contributed by atoms with Gasteiger partial charge < -0.3 is 4.90 Å². The van der Waals surface area contributed by atoms with Crippen LogP contribution in [0.4, 0.5) is 17.1 Å². The number of rotatable bonds is 10. The highest BCUT2D eigenvalue weighted by molar-refractivity contribution is 6.19. The normalized spacial score (nSPS) is 12.4. The molecule has 5 nitrogen and oxygen atoms in total. The number of nitrogens with zero attached hydrogens (tertiary/aromatic N) is 5. The second kappa shape index (κ2) is 22.5. The molecule has 0 bridgehead atoms. The maximum absolute atomic E-state index is 5.48. The lowest BCUT2D eigenvalue weighted by Crippen LogP contribution is -2.15. The maximum atomic E-state index is 5.48. The van der Waals surface area contributed by atoms with E-state index in [1.807, 2.05) is 36.4 Å². The number of hydrogen-bond acceptors (Lipinski definition) is 4. The molecule has 14 aromatic carbocycles. The fraction of sp³-hybridized carbons (Fsp3) is 0.0333. The molecule has 0 aliphatic heterocycles. The summed E-state index contributed by atoms with van der Waals surface area (Å²) < 4.78 is 2.31. The first kappa shape index (κ1) is 55.5. The van der Waals surface area contributed by atoms with Gasteiger partial charge in [0, 0.05) is 49.9 Å². The molecule has 0 spiro atoms. The van der Waals surface area contributed by atoms with Gasteiger partial charge in [-0.15, -0.1) is 0 Å². The number of hydrogen-bond donors (Lipinski definition) is 0. The highest BCUT2D eigenvalue weighted by Crippen LogP contribution is 2.54. The van der Waals surface area contributed by atoms with Gasteiger partial charge in [-0.2, -0.15) is 9.97 Å². The SMILES string of the molecule is CC1(C)c2ccccc2-c2cc(N(c3ccc(-c4ccc5c(c4)c4ccc6c(c4n5-c4nc(-c5ccccc5)nc(-c5ccccc5)n4)-c4ccccc4-c4ccccc4-c4ccccc4-6)cc3)c3cccc(-c4cc(-c5ccccc5)cc(-c5ccccc5)c4)c3)ccc21. The summed E-state index contributed by atoms with van der Waals surface area (Å²) in [5.74, 6) is 1.74. The van der Waals surface area contributed by atoms with Gasteiger partial charge in [-0.1, -0.05) is 281 Å². The second-order valence-electron chi connectivity index (χ2n) is 25.5. The monoisotopic (exact) mass is 1210 g/mol. The Bertz CT molecular complexity index is 5550. The van der Waals surface area contributed by atoms with E-state index in [4.69, 9.17) is 15.0 Å². The van der Waals surface area contributed by atoms with E-state index in [1.165, 1.54) is 72.3 Å². The molecule has 0 N–H and O–H groups in total. The molecule has 2 aromatic heterocycles. The summed E-state index contributed by atoms with van der Waals surface area (Å²) in [4.78, 5) is 18.6. The molecule has 0 saturated carbocycles. The van der Waals surface area contributed by atoms with Gasteiger partial charge in [-0.25, -0.2) is 4.98 Å². The molecule has 2 aliphatic rings. The van der Waals surface area contributed by atoms with Crippen LogP contribution in [0.1, 0.15) is 25.0 Å². The van der Waals surface area contributed by atoms with E-state index in [0.717, 1.165) is 88.9 Å². The van der Waals surface area contributed by atoms with Crippen molar-refractivity contribution in [2.24, 2.45) is 0 Å². The van der Waals surface area contributed by atoms with Gasteiger partial charge in [0.05, 0.1) is 11.0 Å². The Labute approximate surface area is 552 Å². The fourth-order valence-electron chi connectivity index (χ4n) is 15.0. The molecule has 2 aliphatic carbocycles. The molecular weight excluding hydrogens is 1150 g/mol. The highest BCUT2D eigenvalue weighted by Gasteiger charge is 2.36. The molecule has 0 atom stereocenters. The lowest BCUT2D eigenvalue weighted by molar-refractivity contribution is 0.660. The van der Waals surface area contributed by atoms with Crippen LogP contribution in [-0.2, 0) is 5.41 Å². The van der Waals surface area contributed by atoms with Crippen LogP contribution in [0, 0.1) is 0 Å². The van der Waals surface area contributed by atoms with Gasteiger partial charge in [0.2, 0.25) is 5.95 Å². The smallest absolute Gasteiger partial charge is 0.238 e. The summed E-state index contributed by atoms with van der Waals surface area (Å²) in [5, 5.41) is 2.19. The van der Waals surface area contributed by atoms with Gasteiger partial charge in [-0.05, 0) is 172 Å². The largest absolute Gasteiger partial charge is 0.310 e. The Hall–Kier alpha value is -12.3. The maximum Gasteiger partial charge on any atom is 0.238 e. The molecule has 0 unspecified atom stereocenters. The minimum Gasteiger partial charge on any atom is -0.310 e. The Morgan fingerprint density at radius 3 is 1.28 bits per heavy atom. The van der Waals surface area contributed by atoms with Crippen LogP contribution in [0.15, 0.2) is 334 Å². The Morgan fingerprint density at radius 2 is 0.695 bits per heavy atom. The van der Waals surface area contributed by atoms with Crippen molar-refractivity contribution in [3.63, 3.8) is 0 Å². The predicted molar refractivity (Wildman–Crippen MR) is 394 cm³/mol. The first-order valence-electron chi connectivity index (χ1n) is 32.6. The van der Waals surface area contributed by atoms with E-state index in [-0.39, 0.29) is 5.41 Å². The molecule has 0 saturated heterocycles. The molecule has 95 heavy (non-hydrogen) atoms.